The molecule has 0 aliphatic heterocycles. The molecule has 0 spiro atoms. The molecular weight excluding hydrogens is 346 g/mol. The number of nitrogens with one attached hydrogen (secondary N) is 1. The van der Waals surface area contributed by atoms with Crippen LogP contribution in [-0.4, -0.2) is 22.6 Å². The summed E-state index contributed by atoms with van der Waals surface area (Å²) in [6.07, 6.45) is 0. The van der Waals surface area contributed by atoms with Gasteiger partial charge in [0.2, 0.25) is 0 Å². The van der Waals surface area contributed by atoms with Gasteiger partial charge in [-0.3, -0.25) is 4.72 Å². The Hall–Kier alpha value is -1.86. The largest absolute Gasteiger partial charge is 0.280 e. The zero-order chi connectivity index (χ0) is 18.0. The van der Waals surface area contributed by atoms with E-state index in [-0.39, 0.29) is 15.5 Å². The minimum absolute atomic E-state index is 0.0190. The summed E-state index contributed by atoms with van der Waals surface area (Å²) < 4.78 is 50.8. The van der Waals surface area contributed by atoms with Gasteiger partial charge >= 0.3 is 0 Å². The summed E-state index contributed by atoms with van der Waals surface area (Å²) in [5, 5.41) is 0. The van der Waals surface area contributed by atoms with Crippen LogP contribution in [-0.2, 0) is 19.9 Å². The van der Waals surface area contributed by atoms with Crippen molar-refractivity contribution in [3.8, 4) is 0 Å². The van der Waals surface area contributed by atoms with Gasteiger partial charge in [0.15, 0.2) is 9.84 Å². The third-order valence-electron chi connectivity index (χ3n) is 3.70. The van der Waals surface area contributed by atoms with Crippen molar-refractivity contribution in [3.05, 3.63) is 54.1 Å². The van der Waals surface area contributed by atoms with Crippen LogP contribution in [0.4, 0.5) is 5.69 Å². The zero-order valence-electron chi connectivity index (χ0n) is 13.9. The van der Waals surface area contributed by atoms with E-state index in [9.17, 15) is 16.8 Å². The molecule has 0 amide bonds. The minimum Gasteiger partial charge on any atom is -0.280 e. The van der Waals surface area contributed by atoms with Gasteiger partial charge in [0.05, 0.1) is 15.5 Å². The molecule has 0 atom stereocenters. The van der Waals surface area contributed by atoms with Gasteiger partial charge in [-0.05, 0) is 47.9 Å². The van der Waals surface area contributed by atoms with E-state index in [0.29, 0.717) is 11.6 Å². The lowest BCUT2D eigenvalue weighted by Crippen LogP contribution is -2.13. The van der Waals surface area contributed by atoms with Crippen LogP contribution in [0.3, 0.4) is 0 Å². The summed E-state index contributed by atoms with van der Waals surface area (Å²) in [5.74, 6) is 0.336. The maximum Gasteiger partial charge on any atom is 0.261 e. The van der Waals surface area contributed by atoms with Gasteiger partial charge in [-0.25, -0.2) is 16.8 Å². The third kappa shape index (κ3) is 4.15. The standard InChI is InChI=1S/C17H21NO4S2/c1-4-23(19,20)16-9-11-17(12-10-16)24(21,22)18-15-7-5-14(6-8-15)13(2)3/h5-13,18H,4H2,1-3H3. The average Bonchev–Trinajstić information content (AvgIpc) is 2.55. The fourth-order valence-electron chi connectivity index (χ4n) is 2.14. The van der Waals surface area contributed by atoms with Crippen LogP contribution < -0.4 is 4.72 Å². The molecule has 0 radical (unpaired) electrons. The Morgan fingerprint density at radius 2 is 1.33 bits per heavy atom. The number of sulfonamides is 1. The lowest BCUT2D eigenvalue weighted by molar-refractivity contribution is 0.595. The van der Waals surface area contributed by atoms with E-state index in [1.54, 1.807) is 19.1 Å². The molecule has 0 aliphatic rings. The van der Waals surface area contributed by atoms with E-state index < -0.39 is 19.9 Å². The van der Waals surface area contributed by atoms with Crippen molar-refractivity contribution >= 4 is 25.5 Å². The van der Waals surface area contributed by atoms with Gasteiger partial charge in [-0.15, -0.1) is 0 Å². The summed E-state index contributed by atoms with van der Waals surface area (Å²) in [6, 6.07) is 12.4. The smallest absolute Gasteiger partial charge is 0.261 e. The van der Waals surface area contributed by atoms with Crippen LogP contribution in [0.15, 0.2) is 58.3 Å². The van der Waals surface area contributed by atoms with Crippen LogP contribution >= 0.6 is 0 Å². The van der Waals surface area contributed by atoms with Crippen molar-refractivity contribution in [2.45, 2.75) is 36.5 Å². The molecule has 7 heteroatoms. The molecule has 5 nitrogen and oxygen atoms in total. The van der Waals surface area contributed by atoms with Crippen molar-refractivity contribution in [3.63, 3.8) is 0 Å². The lowest BCUT2D eigenvalue weighted by atomic mass is 10.0. The normalized spacial score (nSPS) is 12.3. The number of hydrogen-bond acceptors (Lipinski definition) is 4. The Kier molecular flexibility index (Phi) is 5.35. The molecule has 2 aromatic rings. The van der Waals surface area contributed by atoms with Crippen LogP contribution in [0.5, 0.6) is 0 Å². The first-order chi connectivity index (χ1) is 11.2. The van der Waals surface area contributed by atoms with Crippen molar-refractivity contribution in [2.24, 2.45) is 0 Å². The van der Waals surface area contributed by atoms with Crippen molar-refractivity contribution in [2.75, 3.05) is 10.5 Å². The summed E-state index contributed by atoms with van der Waals surface area (Å²) in [7, 11) is -7.11. The molecule has 0 unspecified atom stereocenters. The Labute approximate surface area is 143 Å². The lowest BCUT2D eigenvalue weighted by Gasteiger charge is -2.10. The van der Waals surface area contributed by atoms with Gasteiger partial charge in [0.25, 0.3) is 10.0 Å². The predicted octanol–water partition coefficient (Wildman–Crippen LogP) is 3.40. The Balaban J connectivity index is 2.24. The second-order valence-electron chi connectivity index (χ2n) is 5.76. The summed E-state index contributed by atoms with van der Waals surface area (Å²) >= 11 is 0. The molecule has 24 heavy (non-hydrogen) atoms. The highest BCUT2D eigenvalue weighted by atomic mass is 32.2. The average molecular weight is 367 g/mol. The number of rotatable bonds is 6. The number of hydrogen-bond donors (Lipinski definition) is 1. The predicted molar refractivity (Wildman–Crippen MR) is 95.5 cm³/mol. The molecular formula is C17H21NO4S2. The van der Waals surface area contributed by atoms with E-state index in [2.05, 4.69) is 18.6 Å². The van der Waals surface area contributed by atoms with Gasteiger partial charge in [-0.1, -0.05) is 32.9 Å². The SMILES string of the molecule is CCS(=O)(=O)c1ccc(S(=O)(=O)Nc2ccc(C(C)C)cc2)cc1. The molecule has 2 rings (SSSR count). The fourth-order valence-corrected chi connectivity index (χ4v) is 4.09. The minimum atomic E-state index is -3.76. The highest BCUT2D eigenvalue weighted by Gasteiger charge is 2.17. The van der Waals surface area contributed by atoms with E-state index in [4.69, 9.17) is 0 Å². The number of sulfone groups is 1. The first kappa shape index (κ1) is 18.5. The Morgan fingerprint density at radius 1 is 0.833 bits per heavy atom. The van der Waals surface area contributed by atoms with E-state index in [0.717, 1.165) is 5.56 Å². The molecule has 0 aromatic heterocycles. The molecule has 0 saturated heterocycles. The summed E-state index contributed by atoms with van der Waals surface area (Å²) in [5.41, 5.74) is 1.58. The maximum absolute atomic E-state index is 12.4. The number of benzene rings is 2. The highest BCUT2D eigenvalue weighted by molar-refractivity contribution is 7.92. The topological polar surface area (TPSA) is 80.3 Å². The first-order valence-electron chi connectivity index (χ1n) is 7.61. The van der Waals surface area contributed by atoms with E-state index >= 15 is 0 Å². The maximum atomic E-state index is 12.4. The molecule has 0 aliphatic carbocycles. The van der Waals surface area contributed by atoms with Crippen molar-refractivity contribution in [1.82, 2.24) is 0 Å². The van der Waals surface area contributed by atoms with Gasteiger partial charge in [0, 0.05) is 5.69 Å². The van der Waals surface area contributed by atoms with E-state index in [1.165, 1.54) is 24.3 Å². The molecule has 130 valence electrons. The number of anilines is 1. The van der Waals surface area contributed by atoms with E-state index in [1.807, 2.05) is 12.1 Å². The monoisotopic (exact) mass is 367 g/mol. The zero-order valence-corrected chi connectivity index (χ0v) is 15.5. The van der Waals surface area contributed by atoms with Crippen LogP contribution in [0.2, 0.25) is 0 Å². The van der Waals surface area contributed by atoms with Crippen LogP contribution in [0.25, 0.3) is 0 Å². The third-order valence-corrected chi connectivity index (χ3v) is 6.85. The quantitative estimate of drug-likeness (QED) is 0.848. The second-order valence-corrected chi connectivity index (χ2v) is 9.72. The van der Waals surface area contributed by atoms with Gasteiger partial charge in [0.1, 0.15) is 0 Å². The Morgan fingerprint density at radius 3 is 1.79 bits per heavy atom. The molecule has 1 N–H and O–H groups in total. The Bertz CT molecular complexity index is 898. The van der Waals surface area contributed by atoms with Crippen molar-refractivity contribution < 1.29 is 16.8 Å². The fraction of sp³-hybridized carbons (Fsp3) is 0.294. The van der Waals surface area contributed by atoms with Crippen LogP contribution in [0.1, 0.15) is 32.3 Å². The molecule has 2 aromatic carbocycles. The summed E-state index contributed by atoms with van der Waals surface area (Å²) in [6.45, 7) is 5.67. The molecule has 0 fully saturated rings. The highest BCUT2D eigenvalue weighted by Crippen LogP contribution is 2.21. The molecule has 0 bridgehead atoms. The second kappa shape index (κ2) is 6.94. The first-order valence-corrected chi connectivity index (χ1v) is 10.7. The van der Waals surface area contributed by atoms with Crippen LogP contribution in [0, 0.1) is 0 Å². The van der Waals surface area contributed by atoms with Gasteiger partial charge in [-0.2, -0.15) is 0 Å². The van der Waals surface area contributed by atoms with Crippen molar-refractivity contribution in [1.29, 1.82) is 0 Å². The molecule has 0 heterocycles. The van der Waals surface area contributed by atoms with Gasteiger partial charge < -0.3 is 0 Å². The molecule has 0 saturated carbocycles. The summed E-state index contributed by atoms with van der Waals surface area (Å²) in [4.78, 5) is 0.135.